The second-order valence-electron chi connectivity index (χ2n) is 3.25. The van der Waals surface area contributed by atoms with Gasteiger partial charge in [-0.05, 0) is 18.2 Å². The number of nitrogens with one attached hydrogen (secondary N) is 1. The molecular weight excluding hydrogens is 262 g/mol. The third-order valence-corrected chi connectivity index (χ3v) is 2.10. The van der Waals surface area contributed by atoms with Crippen LogP contribution in [0.5, 0.6) is 0 Å². The van der Waals surface area contributed by atoms with Crippen molar-refractivity contribution in [3.05, 3.63) is 34.6 Å². The zero-order chi connectivity index (χ0) is 13.1. The monoisotopic (exact) mass is 269 g/mol. The van der Waals surface area contributed by atoms with Crippen LogP contribution >= 0.6 is 11.6 Å². The molecule has 0 fully saturated rings. The maximum atomic E-state index is 13.1. The van der Waals surface area contributed by atoms with Crippen LogP contribution in [0.25, 0.3) is 0 Å². The first-order chi connectivity index (χ1) is 7.79. The highest BCUT2D eigenvalue weighted by Crippen LogP contribution is 2.19. The van der Waals surface area contributed by atoms with E-state index >= 15 is 0 Å². The molecule has 2 nitrogen and oxygen atoms in total. The highest BCUT2D eigenvalue weighted by molar-refractivity contribution is 6.30. The number of halogens is 5. The van der Waals surface area contributed by atoms with Gasteiger partial charge in [-0.1, -0.05) is 11.6 Å². The molecule has 1 N–H and O–H groups in total. The largest absolute Gasteiger partial charge is 0.390 e. The minimum absolute atomic E-state index is 0.132. The lowest BCUT2D eigenvalue weighted by atomic mass is 10.2. The summed E-state index contributed by atoms with van der Waals surface area (Å²) in [4.78, 5) is 11.3. The SMILES string of the molecule is O=C(NCCC(F)(F)F)c1cc(Cl)ccc1F. The number of carbonyl (C=O) groups excluding carboxylic acids is 1. The Morgan fingerprint density at radius 2 is 2.00 bits per heavy atom. The Morgan fingerprint density at radius 1 is 1.35 bits per heavy atom. The predicted octanol–water partition coefficient (Wildman–Crippen LogP) is 3.16. The van der Waals surface area contributed by atoms with E-state index in [-0.39, 0.29) is 10.6 Å². The minimum Gasteiger partial charge on any atom is -0.352 e. The molecule has 1 aromatic rings. The molecule has 0 atom stereocenters. The van der Waals surface area contributed by atoms with Crippen LogP contribution in [0.1, 0.15) is 16.8 Å². The Balaban J connectivity index is 2.61. The van der Waals surface area contributed by atoms with Gasteiger partial charge < -0.3 is 5.32 Å². The Hall–Kier alpha value is -1.30. The number of benzene rings is 1. The highest BCUT2D eigenvalue weighted by Gasteiger charge is 2.26. The van der Waals surface area contributed by atoms with E-state index in [2.05, 4.69) is 0 Å². The van der Waals surface area contributed by atoms with Crippen LogP contribution in [0.3, 0.4) is 0 Å². The van der Waals surface area contributed by atoms with Gasteiger partial charge in [0.25, 0.3) is 5.91 Å². The van der Waals surface area contributed by atoms with Gasteiger partial charge in [0.1, 0.15) is 5.82 Å². The molecule has 0 spiro atoms. The van der Waals surface area contributed by atoms with Gasteiger partial charge in [0.15, 0.2) is 0 Å². The van der Waals surface area contributed by atoms with Crippen molar-refractivity contribution in [2.45, 2.75) is 12.6 Å². The van der Waals surface area contributed by atoms with Crippen LogP contribution in [-0.4, -0.2) is 18.6 Å². The van der Waals surface area contributed by atoms with E-state index in [1.807, 2.05) is 5.32 Å². The van der Waals surface area contributed by atoms with Crippen LogP contribution in [0.15, 0.2) is 18.2 Å². The van der Waals surface area contributed by atoms with E-state index in [4.69, 9.17) is 11.6 Å². The molecule has 7 heteroatoms. The molecule has 1 rings (SSSR count). The molecule has 0 saturated carbocycles. The van der Waals surface area contributed by atoms with Crippen LogP contribution in [0.2, 0.25) is 5.02 Å². The lowest BCUT2D eigenvalue weighted by Gasteiger charge is -2.08. The Bertz CT molecular complexity index is 419. The average Bonchev–Trinajstić information content (AvgIpc) is 2.19. The van der Waals surface area contributed by atoms with Crippen molar-refractivity contribution >= 4 is 17.5 Å². The normalized spacial score (nSPS) is 11.4. The maximum absolute atomic E-state index is 13.1. The van der Waals surface area contributed by atoms with E-state index < -0.39 is 30.9 Å². The average molecular weight is 270 g/mol. The standard InChI is InChI=1S/C10H8ClF4NO/c11-6-1-2-8(12)7(5-6)9(17)16-4-3-10(13,14)15/h1-2,5H,3-4H2,(H,16,17). The second-order valence-corrected chi connectivity index (χ2v) is 3.68. The van der Waals surface area contributed by atoms with E-state index in [0.29, 0.717) is 0 Å². The molecule has 0 aliphatic rings. The molecule has 0 unspecified atom stereocenters. The van der Waals surface area contributed by atoms with Gasteiger partial charge in [0, 0.05) is 11.6 Å². The number of amides is 1. The Kier molecular flexibility index (Phi) is 4.34. The molecule has 0 aliphatic carbocycles. The van der Waals surface area contributed by atoms with E-state index in [0.717, 1.165) is 12.1 Å². The quantitative estimate of drug-likeness (QED) is 0.839. The van der Waals surface area contributed by atoms with Gasteiger partial charge >= 0.3 is 6.18 Å². The fraction of sp³-hybridized carbons (Fsp3) is 0.300. The molecule has 94 valence electrons. The maximum Gasteiger partial charge on any atom is 0.390 e. The van der Waals surface area contributed by atoms with Gasteiger partial charge in [-0.3, -0.25) is 4.79 Å². The predicted molar refractivity (Wildman–Crippen MR) is 54.4 cm³/mol. The summed E-state index contributed by atoms with van der Waals surface area (Å²) in [6, 6.07) is 3.27. The number of rotatable bonds is 3. The van der Waals surface area contributed by atoms with Crippen molar-refractivity contribution in [1.29, 1.82) is 0 Å². The van der Waals surface area contributed by atoms with Gasteiger partial charge in [-0.25, -0.2) is 4.39 Å². The fourth-order valence-electron chi connectivity index (χ4n) is 1.08. The zero-order valence-corrected chi connectivity index (χ0v) is 9.20. The van der Waals surface area contributed by atoms with Crippen molar-refractivity contribution in [3.8, 4) is 0 Å². The smallest absolute Gasteiger partial charge is 0.352 e. The first-order valence-corrected chi connectivity index (χ1v) is 4.97. The summed E-state index contributed by atoms with van der Waals surface area (Å²) in [6.07, 6.45) is -5.53. The van der Waals surface area contributed by atoms with Crippen molar-refractivity contribution in [2.75, 3.05) is 6.54 Å². The summed E-state index contributed by atoms with van der Waals surface area (Å²) < 4.78 is 48.6. The van der Waals surface area contributed by atoms with Gasteiger partial charge in [-0.15, -0.1) is 0 Å². The summed E-state index contributed by atoms with van der Waals surface area (Å²) >= 11 is 5.54. The number of hydrogen-bond donors (Lipinski definition) is 1. The van der Waals surface area contributed by atoms with Crippen molar-refractivity contribution in [1.82, 2.24) is 5.32 Å². The Morgan fingerprint density at radius 3 is 2.59 bits per heavy atom. The van der Waals surface area contributed by atoms with E-state index in [1.165, 1.54) is 6.07 Å². The fourth-order valence-corrected chi connectivity index (χ4v) is 1.26. The van der Waals surface area contributed by atoms with Crippen molar-refractivity contribution in [2.24, 2.45) is 0 Å². The van der Waals surface area contributed by atoms with E-state index in [9.17, 15) is 22.4 Å². The molecule has 0 heterocycles. The summed E-state index contributed by atoms with van der Waals surface area (Å²) in [7, 11) is 0. The summed E-state index contributed by atoms with van der Waals surface area (Å²) in [5, 5.41) is 2.10. The molecule has 0 saturated heterocycles. The summed E-state index contributed by atoms with van der Waals surface area (Å²) in [5.41, 5.74) is -0.375. The first-order valence-electron chi connectivity index (χ1n) is 4.59. The Labute approximate surface area is 99.6 Å². The highest BCUT2D eigenvalue weighted by atomic mass is 35.5. The first kappa shape index (κ1) is 13.8. The van der Waals surface area contributed by atoms with E-state index in [1.54, 1.807) is 0 Å². The van der Waals surface area contributed by atoms with Crippen LogP contribution in [-0.2, 0) is 0 Å². The second kappa shape index (κ2) is 5.35. The zero-order valence-electron chi connectivity index (χ0n) is 8.44. The molecule has 1 amide bonds. The van der Waals surface area contributed by atoms with Crippen LogP contribution < -0.4 is 5.32 Å². The molecule has 17 heavy (non-hydrogen) atoms. The van der Waals surface area contributed by atoms with Crippen molar-refractivity contribution in [3.63, 3.8) is 0 Å². The third kappa shape index (κ3) is 4.60. The molecule has 0 radical (unpaired) electrons. The van der Waals surface area contributed by atoms with Crippen LogP contribution in [0.4, 0.5) is 17.6 Å². The van der Waals surface area contributed by atoms with Crippen LogP contribution in [0, 0.1) is 5.82 Å². The lowest BCUT2D eigenvalue weighted by Crippen LogP contribution is -2.28. The lowest BCUT2D eigenvalue weighted by molar-refractivity contribution is -0.132. The molecular formula is C10H8ClF4NO. The van der Waals surface area contributed by atoms with Crippen molar-refractivity contribution < 1.29 is 22.4 Å². The van der Waals surface area contributed by atoms with Gasteiger partial charge in [0.2, 0.25) is 0 Å². The van der Waals surface area contributed by atoms with Gasteiger partial charge in [-0.2, -0.15) is 13.2 Å². The number of alkyl halides is 3. The minimum atomic E-state index is -4.36. The number of hydrogen-bond acceptors (Lipinski definition) is 1. The van der Waals surface area contributed by atoms with Gasteiger partial charge in [0.05, 0.1) is 12.0 Å². The number of carbonyl (C=O) groups is 1. The molecule has 0 aromatic heterocycles. The molecule has 1 aromatic carbocycles. The molecule has 0 bridgehead atoms. The third-order valence-electron chi connectivity index (χ3n) is 1.87. The molecule has 0 aliphatic heterocycles. The topological polar surface area (TPSA) is 29.1 Å². The summed E-state index contributed by atoms with van der Waals surface area (Å²) in [5.74, 6) is -1.76. The summed E-state index contributed by atoms with van der Waals surface area (Å²) in [6.45, 7) is -0.603.